The Morgan fingerprint density at radius 2 is 1.22 bits per heavy atom. The summed E-state index contributed by atoms with van der Waals surface area (Å²) in [6, 6.07) is 38.4. The summed E-state index contributed by atoms with van der Waals surface area (Å²) >= 11 is 0. The first kappa shape index (κ1) is 23.1. The van der Waals surface area contributed by atoms with Crippen molar-refractivity contribution in [3.8, 4) is 0 Å². The van der Waals surface area contributed by atoms with Gasteiger partial charge in [-0.15, -0.1) is 0 Å². The van der Waals surface area contributed by atoms with Crippen LogP contribution < -0.4 is 15.6 Å². The Labute approximate surface area is 210 Å². The van der Waals surface area contributed by atoms with Gasteiger partial charge in [-0.25, -0.2) is 0 Å². The highest BCUT2D eigenvalue weighted by Gasteiger charge is 2.55. The van der Waals surface area contributed by atoms with E-state index >= 15 is 0 Å². The lowest BCUT2D eigenvalue weighted by Gasteiger charge is -2.34. The van der Waals surface area contributed by atoms with E-state index < -0.39 is 11.6 Å². The Morgan fingerprint density at radius 3 is 1.72 bits per heavy atom. The number of rotatable bonds is 7. The van der Waals surface area contributed by atoms with Crippen molar-refractivity contribution >= 4 is 28.9 Å². The first-order valence-electron chi connectivity index (χ1n) is 11.8. The summed E-state index contributed by atoms with van der Waals surface area (Å²) in [5.41, 5.74) is 2.07. The molecule has 2 N–H and O–H groups in total. The van der Waals surface area contributed by atoms with Crippen LogP contribution in [-0.4, -0.2) is 23.2 Å². The second-order valence-corrected chi connectivity index (χ2v) is 8.61. The van der Waals surface area contributed by atoms with Crippen LogP contribution in [0.4, 0.5) is 11.4 Å². The molecule has 4 aromatic carbocycles. The van der Waals surface area contributed by atoms with Gasteiger partial charge in [-0.3, -0.25) is 9.59 Å². The number of carbonyl (C=O) groups is 2. The van der Waals surface area contributed by atoms with Crippen LogP contribution in [0.25, 0.3) is 0 Å². The summed E-state index contributed by atoms with van der Waals surface area (Å²) in [6.45, 7) is 1.41. The van der Waals surface area contributed by atoms with Gasteiger partial charge in [-0.2, -0.15) is 10.1 Å². The van der Waals surface area contributed by atoms with Gasteiger partial charge < -0.3 is 10.6 Å². The molecule has 1 aliphatic heterocycles. The molecule has 1 unspecified atom stereocenters. The number of nitrogens with one attached hydrogen (secondary N) is 2. The van der Waals surface area contributed by atoms with Crippen LogP contribution in [0.3, 0.4) is 0 Å². The Morgan fingerprint density at radius 1 is 0.750 bits per heavy atom. The highest BCUT2D eigenvalue weighted by molar-refractivity contribution is 6.28. The number of nitrogens with zero attached hydrogens (tertiary/aromatic N) is 2. The van der Waals surface area contributed by atoms with Crippen molar-refractivity contribution in [2.75, 3.05) is 10.3 Å². The quantitative estimate of drug-likeness (QED) is 0.363. The van der Waals surface area contributed by atoms with Gasteiger partial charge in [0.1, 0.15) is 5.71 Å². The van der Waals surface area contributed by atoms with Crippen LogP contribution in [0, 0.1) is 0 Å². The fourth-order valence-electron chi connectivity index (χ4n) is 4.58. The van der Waals surface area contributed by atoms with Crippen molar-refractivity contribution in [3.63, 3.8) is 0 Å². The monoisotopic (exact) mass is 474 g/mol. The normalized spacial score (nSPS) is 17.1. The van der Waals surface area contributed by atoms with Gasteiger partial charge in [-0.05, 0) is 35.4 Å². The number of hydrazone groups is 1. The zero-order valence-electron chi connectivity index (χ0n) is 19.8. The lowest BCUT2D eigenvalue weighted by Crippen LogP contribution is -2.65. The molecule has 1 heterocycles. The fraction of sp³-hybridized carbons (Fsp3) is 0.100. The fourth-order valence-corrected chi connectivity index (χ4v) is 4.58. The van der Waals surface area contributed by atoms with E-state index in [1.165, 1.54) is 11.9 Å². The molecule has 0 fully saturated rings. The third-order valence-corrected chi connectivity index (χ3v) is 6.11. The lowest BCUT2D eigenvalue weighted by molar-refractivity contribution is -0.127. The van der Waals surface area contributed by atoms with Crippen molar-refractivity contribution in [2.45, 2.75) is 18.5 Å². The predicted octanol–water partition coefficient (Wildman–Crippen LogP) is 5.17. The van der Waals surface area contributed by atoms with Gasteiger partial charge in [0.2, 0.25) is 11.6 Å². The number of para-hydroxylation sites is 2. The van der Waals surface area contributed by atoms with E-state index in [0.29, 0.717) is 17.1 Å². The molecule has 36 heavy (non-hydrogen) atoms. The van der Waals surface area contributed by atoms with Crippen LogP contribution >= 0.6 is 0 Å². The minimum Gasteiger partial charge on any atom is -0.350 e. The minimum absolute atomic E-state index is 0.353. The topological polar surface area (TPSA) is 73.8 Å². The second kappa shape index (κ2) is 9.88. The third kappa shape index (κ3) is 4.36. The van der Waals surface area contributed by atoms with Crippen LogP contribution in [-0.2, 0) is 9.59 Å². The average molecular weight is 475 g/mol. The molecule has 0 saturated carbocycles. The van der Waals surface area contributed by atoms with Crippen LogP contribution in [0.1, 0.15) is 24.0 Å². The highest BCUT2D eigenvalue weighted by atomic mass is 16.2. The molecule has 6 heteroatoms. The third-order valence-electron chi connectivity index (χ3n) is 6.11. The standard InChI is InChI=1S/C30H26N4O2/c1-22(35)31-30(32-25-18-10-4-11-19-25)28(33-34(29(30)36)26-20-12-5-13-21-26)27(23-14-6-2-7-15-23)24-16-8-3-9-17-24/h2-21,27,32H,1H3,(H,31,35). The largest absolute Gasteiger partial charge is 0.350 e. The Bertz CT molecular complexity index is 1340. The molecule has 0 spiro atoms. The maximum Gasteiger partial charge on any atom is 0.300 e. The van der Waals surface area contributed by atoms with Gasteiger partial charge >= 0.3 is 0 Å². The van der Waals surface area contributed by atoms with E-state index in [-0.39, 0.29) is 11.8 Å². The molecular formula is C30H26N4O2. The predicted molar refractivity (Wildman–Crippen MR) is 143 cm³/mol. The molecule has 0 radical (unpaired) electrons. The second-order valence-electron chi connectivity index (χ2n) is 8.61. The van der Waals surface area contributed by atoms with Crippen molar-refractivity contribution in [3.05, 3.63) is 132 Å². The van der Waals surface area contributed by atoms with Gasteiger partial charge in [-0.1, -0.05) is 97.1 Å². The van der Waals surface area contributed by atoms with E-state index in [9.17, 15) is 9.59 Å². The number of hydrogen-bond donors (Lipinski definition) is 2. The number of anilines is 2. The summed E-state index contributed by atoms with van der Waals surface area (Å²) in [4.78, 5) is 26.9. The van der Waals surface area contributed by atoms with Crippen molar-refractivity contribution < 1.29 is 9.59 Å². The summed E-state index contributed by atoms with van der Waals surface area (Å²) < 4.78 is 0. The molecular weight excluding hydrogens is 448 g/mol. The van der Waals surface area contributed by atoms with Crippen LogP contribution in [0.2, 0.25) is 0 Å². The number of benzene rings is 4. The Hall–Kier alpha value is -4.71. The van der Waals surface area contributed by atoms with Crippen molar-refractivity contribution in [2.24, 2.45) is 5.10 Å². The van der Waals surface area contributed by atoms with Gasteiger partial charge in [0.25, 0.3) is 5.91 Å². The first-order chi connectivity index (χ1) is 17.6. The summed E-state index contributed by atoms with van der Waals surface area (Å²) in [5, 5.41) is 12.6. The van der Waals surface area contributed by atoms with E-state index in [4.69, 9.17) is 5.10 Å². The molecule has 178 valence electrons. The molecule has 0 aromatic heterocycles. The first-order valence-corrected chi connectivity index (χ1v) is 11.8. The summed E-state index contributed by atoms with van der Waals surface area (Å²) in [7, 11) is 0. The van der Waals surface area contributed by atoms with Crippen molar-refractivity contribution in [1.29, 1.82) is 0 Å². The van der Waals surface area contributed by atoms with E-state index in [0.717, 1.165) is 11.1 Å². The smallest absolute Gasteiger partial charge is 0.300 e. The number of amides is 2. The summed E-state index contributed by atoms with van der Waals surface area (Å²) in [6.07, 6.45) is 0. The van der Waals surface area contributed by atoms with E-state index in [1.54, 1.807) is 0 Å². The van der Waals surface area contributed by atoms with Crippen LogP contribution in [0.5, 0.6) is 0 Å². The zero-order valence-corrected chi connectivity index (χ0v) is 19.8. The summed E-state index contributed by atoms with van der Waals surface area (Å²) in [5.74, 6) is -1.15. The molecule has 5 rings (SSSR count). The molecule has 1 atom stereocenters. The van der Waals surface area contributed by atoms with Crippen molar-refractivity contribution in [1.82, 2.24) is 5.32 Å². The maximum absolute atomic E-state index is 14.3. The molecule has 0 aliphatic carbocycles. The van der Waals surface area contributed by atoms with Gasteiger partial charge in [0.05, 0.1) is 11.6 Å². The molecule has 2 amide bonds. The molecule has 4 aromatic rings. The number of hydrogen-bond acceptors (Lipinski definition) is 4. The average Bonchev–Trinajstić information content (AvgIpc) is 3.17. The van der Waals surface area contributed by atoms with Gasteiger partial charge in [0, 0.05) is 12.6 Å². The number of carbonyl (C=O) groups excluding carboxylic acids is 2. The van der Waals surface area contributed by atoms with Gasteiger partial charge in [0.15, 0.2) is 0 Å². The SMILES string of the molecule is CC(=O)NC1(Nc2ccccc2)C(=O)N(c2ccccc2)N=C1C(c1ccccc1)c1ccccc1. The lowest BCUT2D eigenvalue weighted by atomic mass is 9.81. The highest BCUT2D eigenvalue weighted by Crippen LogP contribution is 2.37. The molecule has 0 saturated heterocycles. The van der Waals surface area contributed by atoms with E-state index in [2.05, 4.69) is 10.6 Å². The molecule has 1 aliphatic rings. The molecule has 6 nitrogen and oxygen atoms in total. The Kier molecular flexibility index (Phi) is 6.33. The Balaban J connectivity index is 1.76. The maximum atomic E-state index is 14.3. The van der Waals surface area contributed by atoms with Crippen LogP contribution in [0.15, 0.2) is 126 Å². The van der Waals surface area contributed by atoms with E-state index in [1.807, 2.05) is 121 Å². The minimum atomic E-state index is -1.61. The zero-order chi connectivity index (χ0) is 25.0. The molecule has 0 bridgehead atoms.